The Balaban J connectivity index is 2.24. The molecule has 6 heavy (non-hydrogen) atoms. The van der Waals surface area contributed by atoms with Gasteiger partial charge in [0.2, 0.25) is 0 Å². The lowest BCUT2D eigenvalue weighted by atomic mass is 10.4. The van der Waals surface area contributed by atoms with Crippen LogP contribution in [0.25, 0.3) is 0 Å². The first-order chi connectivity index (χ1) is 2.93. The molecule has 0 atom stereocenters. The van der Waals surface area contributed by atoms with Gasteiger partial charge in [0, 0.05) is 0 Å². The summed E-state index contributed by atoms with van der Waals surface area (Å²) < 4.78 is 0. The van der Waals surface area contributed by atoms with Crippen LogP contribution in [0, 0.1) is 0 Å². The molecule has 1 rings (SSSR count). The third kappa shape index (κ3) is 0.852. The normalized spacial score (nSPS) is 17.8. The van der Waals surface area contributed by atoms with E-state index >= 15 is 0 Å². The maximum atomic E-state index is 2.32. The Morgan fingerprint density at radius 2 is 2.33 bits per heavy atom. The second-order valence-corrected chi connectivity index (χ2v) is 1.77. The van der Waals surface area contributed by atoms with E-state index in [-0.39, 0.29) is 0 Å². The van der Waals surface area contributed by atoms with Gasteiger partial charge in [-0.2, -0.15) is 0 Å². The fraction of sp³-hybridized carbons (Fsp3) is 0.667. The predicted octanol–water partition coefficient (Wildman–Crippen LogP) is 2.12. The third-order valence-corrected chi connectivity index (χ3v) is 1.03. The Hall–Kier alpha value is -0.260. The molecule has 0 aromatic carbocycles. The van der Waals surface area contributed by atoms with Gasteiger partial charge in [0.05, 0.1) is 0 Å². The van der Waals surface area contributed by atoms with E-state index in [9.17, 15) is 0 Å². The molecule has 0 nitrogen and oxygen atoms in total. The second kappa shape index (κ2) is 1.46. The molecule has 0 unspecified atom stereocenters. The average molecular weight is 82.1 g/mol. The summed E-state index contributed by atoms with van der Waals surface area (Å²) >= 11 is 0. The molecular formula is C6H10. The first-order valence-corrected chi connectivity index (χ1v) is 2.61. The van der Waals surface area contributed by atoms with E-state index in [0.29, 0.717) is 0 Å². The van der Waals surface area contributed by atoms with E-state index in [4.69, 9.17) is 0 Å². The first-order valence-electron chi connectivity index (χ1n) is 2.61. The van der Waals surface area contributed by atoms with Crippen LogP contribution in [-0.4, -0.2) is 0 Å². The van der Waals surface area contributed by atoms with Gasteiger partial charge in [0.15, 0.2) is 0 Å². The lowest BCUT2D eigenvalue weighted by molar-refractivity contribution is 1.21. The van der Waals surface area contributed by atoms with E-state index in [2.05, 4.69) is 13.0 Å². The highest BCUT2D eigenvalue weighted by Crippen LogP contribution is 2.27. The largest absolute Gasteiger partial charge is 0.0856 e. The molecule has 1 fully saturated rings. The molecule has 0 heterocycles. The van der Waals surface area contributed by atoms with E-state index in [1.165, 1.54) is 19.3 Å². The molecule has 0 heteroatoms. The van der Waals surface area contributed by atoms with Crippen LogP contribution in [0.2, 0.25) is 0 Å². The molecule has 1 aliphatic carbocycles. The minimum atomic E-state index is 1.23. The summed E-state index contributed by atoms with van der Waals surface area (Å²) in [6, 6.07) is 0. The molecule has 0 amide bonds. The number of rotatable bonds is 1. The van der Waals surface area contributed by atoms with Gasteiger partial charge < -0.3 is 0 Å². The smallest absolute Gasteiger partial charge is 0.0283 e. The van der Waals surface area contributed by atoms with Gasteiger partial charge in [0.25, 0.3) is 0 Å². The van der Waals surface area contributed by atoms with Crippen LogP contribution in [-0.2, 0) is 0 Å². The van der Waals surface area contributed by atoms with Crippen molar-refractivity contribution in [3.8, 4) is 0 Å². The highest BCUT2D eigenvalue weighted by Gasteiger charge is 2.07. The SMILES string of the molecule is CCC=C1CC1. The monoisotopic (exact) mass is 82.1 g/mol. The highest BCUT2D eigenvalue weighted by molar-refractivity contribution is 5.15. The molecule has 0 saturated heterocycles. The molecule has 0 radical (unpaired) electrons. The Labute approximate surface area is 38.9 Å². The van der Waals surface area contributed by atoms with Crippen LogP contribution >= 0.6 is 0 Å². The number of hydrogen-bond donors (Lipinski definition) is 0. The van der Waals surface area contributed by atoms with Crippen molar-refractivity contribution in [2.75, 3.05) is 0 Å². The molecule has 1 saturated carbocycles. The van der Waals surface area contributed by atoms with E-state index in [1.54, 1.807) is 5.57 Å². The van der Waals surface area contributed by atoms with Crippen molar-refractivity contribution < 1.29 is 0 Å². The summed E-state index contributed by atoms with van der Waals surface area (Å²) in [5.74, 6) is 0. The fourth-order valence-corrected chi connectivity index (χ4v) is 0.565. The van der Waals surface area contributed by atoms with Gasteiger partial charge in [-0.25, -0.2) is 0 Å². The lowest BCUT2D eigenvalue weighted by Crippen LogP contribution is -1.46. The Morgan fingerprint density at radius 3 is 2.50 bits per heavy atom. The zero-order chi connectivity index (χ0) is 4.41. The van der Waals surface area contributed by atoms with Crippen LogP contribution < -0.4 is 0 Å². The minimum Gasteiger partial charge on any atom is -0.0856 e. The topological polar surface area (TPSA) is 0 Å². The number of allylic oxidation sites excluding steroid dienone is 2. The van der Waals surface area contributed by atoms with Crippen molar-refractivity contribution >= 4 is 0 Å². The van der Waals surface area contributed by atoms with E-state index in [1.807, 2.05) is 0 Å². The molecule has 0 N–H and O–H groups in total. The maximum Gasteiger partial charge on any atom is -0.0283 e. The van der Waals surface area contributed by atoms with Crippen LogP contribution in [0.5, 0.6) is 0 Å². The molecule has 34 valence electrons. The standard InChI is InChI=1S/C6H10/c1-2-3-6-4-5-6/h3H,2,4-5H2,1H3. The summed E-state index contributed by atoms with van der Waals surface area (Å²) in [6.07, 6.45) is 6.32. The Bertz CT molecular complexity index is 64.1. The molecule has 0 bridgehead atoms. The minimum absolute atomic E-state index is 1.23. The summed E-state index contributed by atoms with van der Waals surface area (Å²) in [7, 11) is 0. The lowest BCUT2D eigenvalue weighted by Gasteiger charge is -1.67. The van der Waals surface area contributed by atoms with Crippen molar-refractivity contribution in [1.82, 2.24) is 0 Å². The summed E-state index contributed by atoms with van der Waals surface area (Å²) in [5, 5.41) is 0. The van der Waals surface area contributed by atoms with Gasteiger partial charge in [-0.05, 0) is 19.3 Å². The molecule has 0 spiro atoms. The highest BCUT2D eigenvalue weighted by atomic mass is 14.1. The van der Waals surface area contributed by atoms with Crippen molar-refractivity contribution in [2.45, 2.75) is 26.2 Å². The van der Waals surface area contributed by atoms with Crippen LogP contribution in [0.15, 0.2) is 11.6 Å². The number of hydrogen-bond acceptors (Lipinski definition) is 0. The Morgan fingerprint density at radius 1 is 1.67 bits per heavy atom. The Kier molecular flexibility index (Phi) is 0.952. The van der Waals surface area contributed by atoms with Crippen molar-refractivity contribution in [3.05, 3.63) is 11.6 Å². The summed E-state index contributed by atoms with van der Waals surface area (Å²) in [5.41, 5.74) is 1.66. The van der Waals surface area contributed by atoms with Crippen LogP contribution in [0.3, 0.4) is 0 Å². The zero-order valence-corrected chi connectivity index (χ0v) is 4.20. The van der Waals surface area contributed by atoms with Crippen LogP contribution in [0.1, 0.15) is 26.2 Å². The first kappa shape index (κ1) is 3.91. The van der Waals surface area contributed by atoms with Crippen molar-refractivity contribution in [2.24, 2.45) is 0 Å². The molecule has 0 aliphatic heterocycles. The zero-order valence-electron chi connectivity index (χ0n) is 4.20. The van der Waals surface area contributed by atoms with Crippen molar-refractivity contribution in [3.63, 3.8) is 0 Å². The third-order valence-electron chi connectivity index (χ3n) is 1.03. The molecular weight excluding hydrogens is 72.1 g/mol. The second-order valence-electron chi connectivity index (χ2n) is 1.77. The summed E-state index contributed by atoms with van der Waals surface area (Å²) in [6.45, 7) is 2.19. The van der Waals surface area contributed by atoms with Gasteiger partial charge in [-0.1, -0.05) is 18.6 Å². The molecule has 0 aromatic heterocycles. The van der Waals surface area contributed by atoms with Gasteiger partial charge in [-0.15, -0.1) is 0 Å². The van der Waals surface area contributed by atoms with E-state index < -0.39 is 0 Å². The molecule has 1 aliphatic rings. The fourth-order valence-electron chi connectivity index (χ4n) is 0.565. The molecule has 0 aromatic rings. The van der Waals surface area contributed by atoms with Crippen LogP contribution in [0.4, 0.5) is 0 Å². The van der Waals surface area contributed by atoms with E-state index in [0.717, 1.165) is 0 Å². The summed E-state index contributed by atoms with van der Waals surface area (Å²) in [4.78, 5) is 0. The quantitative estimate of drug-likeness (QED) is 0.425. The predicted molar refractivity (Wildman–Crippen MR) is 27.6 cm³/mol. The van der Waals surface area contributed by atoms with Gasteiger partial charge >= 0.3 is 0 Å². The van der Waals surface area contributed by atoms with Crippen molar-refractivity contribution in [1.29, 1.82) is 0 Å². The van der Waals surface area contributed by atoms with Gasteiger partial charge in [-0.3, -0.25) is 0 Å². The average Bonchev–Trinajstić information content (AvgIpc) is 2.21. The van der Waals surface area contributed by atoms with Gasteiger partial charge in [0.1, 0.15) is 0 Å². The maximum absolute atomic E-state index is 2.32.